The zero-order chi connectivity index (χ0) is 13.1. The van der Waals surface area contributed by atoms with Gasteiger partial charge in [0.2, 0.25) is 5.88 Å². The van der Waals surface area contributed by atoms with E-state index in [1.807, 2.05) is 26.0 Å². The van der Waals surface area contributed by atoms with Gasteiger partial charge in [0.1, 0.15) is 16.2 Å². The van der Waals surface area contributed by atoms with Crippen LogP contribution in [0, 0.1) is 6.92 Å². The Kier molecular flexibility index (Phi) is 4.19. The molecule has 0 atom stereocenters. The molecule has 0 saturated heterocycles. The monoisotopic (exact) mass is 326 g/mol. The molecular formula is C13H12BrClN2O. The van der Waals surface area contributed by atoms with Gasteiger partial charge in [-0.3, -0.25) is 0 Å². The SMILES string of the molecule is CCc1nc(Br)cc(Oc2cc(Cl)ccc2C)n1. The Balaban J connectivity index is 2.33. The van der Waals surface area contributed by atoms with Gasteiger partial charge in [0.15, 0.2) is 0 Å². The first-order chi connectivity index (χ1) is 8.58. The van der Waals surface area contributed by atoms with Crippen molar-refractivity contribution < 1.29 is 4.74 Å². The lowest BCUT2D eigenvalue weighted by Crippen LogP contribution is -1.97. The predicted molar refractivity (Wildman–Crippen MR) is 75.4 cm³/mol. The molecule has 3 nitrogen and oxygen atoms in total. The van der Waals surface area contributed by atoms with Crippen molar-refractivity contribution in [2.24, 2.45) is 0 Å². The number of benzene rings is 1. The molecule has 0 aliphatic carbocycles. The summed E-state index contributed by atoms with van der Waals surface area (Å²) in [7, 11) is 0. The average molecular weight is 328 g/mol. The van der Waals surface area contributed by atoms with E-state index < -0.39 is 0 Å². The van der Waals surface area contributed by atoms with Gasteiger partial charge in [0.05, 0.1) is 0 Å². The van der Waals surface area contributed by atoms with Gasteiger partial charge in [-0.2, -0.15) is 4.98 Å². The highest BCUT2D eigenvalue weighted by molar-refractivity contribution is 9.10. The number of ether oxygens (including phenoxy) is 1. The number of rotatable bonds is 3. The number of nitrogens with zero attached hydrogens (tertiary/aromatic N) is 2. The maximum atomic E-state index is 5.95. The van der Waals surface area contributed by atoms with Crippen molar-refractivity contribution >= 4 is 27.5 Å². The van der Waals surface area contributed by atoms with E-state index in [0.29, 0.717) is 21.3 Å². The van der Waals surface area contributed by atoms with Crippen LogP contribution in [0.3, 0.4) is 0 Å². The molecule has 0 bridgehead atoms. The quantitative estimate of drug-likeness (QED) is 0.775. The fourth-order valence-corrected chi connectivity index (χ4v) is 2.01. The lowest BCUT2D eigenvalue weighted by atomic mass is 10.2. The average Bonchev–Trinajstić information content (AvgIpc) is 2.33. The highest BCUT2D eigenvalue weighted by Gasteiger charge is 2.06. The van der Waals surface area contributed by atoms with Crippen LogP contribution in [0.15, 0.2) is 28.9 Å². The number of aryl methyl sites for hydroxylation is 2. The van der Waals surface area contributed by atoms with E-state index in [9.17, 15) is 0 Å². The molecule has 0 aliphatic heterocycles. The molecule has 5 heteroatoms. The van der Waals surface area contributed by atoms with Crippen molar-refractivity contribution in [2.45, 2.75) is 20.3 Å². The van der Waals surface area contributed by atoms with Crippen molar-refractivity contribution in [2.75, 3.05) is 0 Å². The number of aromatic nitrogens is 2. The molecule has 0 saturated carbocycles. The van der Waals surface area contributed by atoms with Crippen LogP contribution in [-0.4, -0.2) is 9.97 Å². The molecule has 0 amide bonds. The summed E-state index contributed by atoms with van der Waals surface area (Å²) in [6, 6.07) is 7.25. The van der Waals surface area contributed by atoms with Crippen LogP contribution in [0.2, 0.25) is 5.02 Å². The van der Waals surface area contributed by atoms with Gasteiger partial charge in [0, 0.05) is 17.5 Å². The maximum absolute atomic E-state index is 5.95. The summed E-state index contributed by atoms with van der Waals surface area (Å²) < 4.78 is 6.46. The first kappa shape index (κ1) is 13.3. The molecule has 0 aliphatic rings. The molecule has 1 heterocycles. The zero-order valence-corrected chi connectivity index (χ0v) is 12.4. The summed E-state index contributed by atoms with van der Waals surface area (Å²) in [4.78, 5) is 8.55. The predicted octanol–water partition coefficient (Wildman–Crippen LogP) is 4.56. The van der Waals surface area contributed by atoms with E-state index in [1.54, 1.807) is 12.1 Å². The van der Waals surface area contributed by atoms with Gasteiger partial charge < -0.3 is 4.74 Å². The first-order valence-corrected chi connectivity index (χ1v) is 6.73. The third kappa shape index (κ3) is 3.21. The van der Waals surface area contributed by atoms with Gasteiger partial charge in [-0.25, -0.2) is 4.98 Å². The van der Waals surface area contributed by atoms with Gasteiger partial charge in [-0.05, 0) is 40.5 Å². The highest BCUT2D eigenvalue weighted by Crippen LogP contribution is 2.27. The van der Waals surface area contributed by atoms with E-state index in [-0.39, 0.29) is 0 Å². The Morgan fingerprint density at radius 3 is 2.78 bits per heavy atom. The molecule has 0 radical (unpaired) electrons. The lowest BCUT2D eigenvalue weighted by Gasteiger charge is -2.09. The molecule has 1 aromatic heterocycles. The Morgan fingerprint density at radius 2 is 2.06 bits per heavy atom. The summed E-state index contributed by atoms with van der Waals surface area (Å²) >= 11 is 9.29. The van der Waals surface area contributed by atoms with E-state index in [0.717, 1.165) is 17.8 Å². The topological polar surface area (TPSA) is 35.0 Å². The van der Waals surface area contributed by atoms with Crippen LogP contribution in [0.1, 0.15) is 18.3 Å². The van der Waals surface area contributed by atoms with Crippen molar-refractivity contribution in [3.63, 3.8) is 0 Å². The highest BCUT2D eigenvalue weighted by atomic mass is 79.9. The minimum absolute atomic E-state index is 0.513. The summed E-state index contributed by atoms with van der Waals surface area (Å²) in [5.41, 5.74) is 1.01. The van der Waals surface area contributed by atoms with Gasteiger partial charge >= 0.3 is 0 Å². The normalized spacial score (nSPS) is 10.4. The smallest absolute Gasteiger partial charge is 0.223 e. The molecule has 2 rings (SSSR count). The first-order valence-electron chi connectivity index (χ1n) is 5.56. The van der Waals surface area contributed by atoms with E-state index in [2.05, 4.69) is 25.9 Å². The largest absolute Gasteiger partial charge is 0.439 e. The zero-order valence-electron chi connectivity index (χ0n) is 10.1. The van der Waals surface area contributed by atoms with Crippen molar-refractivity contribution in [3.8, 4) is 11.6 Å². The summed E-state index contributed by atoms with van der Waals surface area (Å²) in [5, 5.41) is 0.638. The van der Waals surface area contributed by atoms with Crippen LogP contribution < -0.4 is 4.74 Å². The molecule has 1 aromatic carbocycles. The van der Waals surface area contributed by atoms with Gasteiger partial charge in [-0.15, -0.1) is 0 Å². The Hall–Kier alpha value is -1.13. The van der Waals surface area contributed by atoms with Crippen molar-refractivity contribution in [1.82, 2.24) is 9.97 Å². The molecule has 0 spiro atoms. The van der Waals surface area contributed by atoms with Crippen molar-refractivity contribution in [1.29, 1.82) is 0 Å². The summed E-state index contributed by atoms with van der Waals surface area (Å²) in [6.45, 7) is 3.96. The molecule has 0 unspecified atom stereocenters. The second-order valence-corrected chi connectivity index (χ2v) is 5.06. The van der Waals surface area contributed by atoms with Gasteiger partial charge in [0.25, 0.3) is 0 Å². The third-order valence-corrected chi connectivity index (χ3v) is 3.04. The van der Waals surface area contributed by atoms with Crippen LogP contribution in [0.5, 0.6) is 11.6 Å². The Bertz CT molecular complexity index is 575. The molecular weight excluding hydrogens is 316 g/mol. The van der Waals surface area contributed by atoms with E-state index in [4.69, 9.17) is 16.3 Å². The summed E-state index contributed by atoms with van der Waals surface area (Å²) in [6.07, 6.45) is 0.754. The van der Waals surface area contributed by atoms with Gasteiger partial charge in [-0.1, -0.05) is 24.6 Å². The molecule has 94 valence electrons. The molecule has 0 N–H and O–H groups in total. The molecule has 2 aromatic rings. The number of hydrogen-bond donors (Lipinski definition) is 0. The minimum atomic E-state index is 0.513. The third-order valence-electron chi connectivity index (χ3n) is 2.40. The lowest BCUT2D eigenvalue weighted by molar-refractivity contribution is 0.454. The standard InChI is InChI=1S/C13H12BrClN2O/c1-3-12-16-11(14)7-13(17-12)18-10-6-9(15)5-4-8(10)2/h4-7H,3H2,1-2H3. The van der Waals surface area contributed by atoms with Crippen LogP contribution in [0.25, 0.3) is 0 Å². The second kappa shape index (κ2) is 5.67. The van der Waals surface area contributed by atoms with Crippen LogP contribution in [0.4, 0.5) is 0 Å². The fourth-order valence-electron chi connectivity index (χ4n) is 1.45. The maximum Gasteiger partial charge on any atom is 0.223 e. The number of halogens is 2. The molecule has 18 heavy (non-hydrogen) atoms. The van der Waals surface area contributed by atoms with Crippen LogP contribution >= 0.6 is 27.5 Å². The van der Waals surface area contributed by atoms with Crippen molar-refractivity contribution in [3.05, 3.63) is 45.3 Å². The Labute approximate surface area is 119 Å². The fraction of sp³-hybridized carbons (Fsp3) is 0.231. The van der Waals surface area contributed by atoms with E-state index >= 15 is 0 Å². The number of hydrogen-bond acceptors (Lipinski definition) is 3. The minimum Gasteiger partial charge on any atom is -0.439 e. The summed E-state index contributed by atoms with van der Waals surface area (Å²) in [5.74, 6) is 1.95. The van der Waals surface area contributed by atoms with E-state index in [1.165, 1.54) is 0 Å². The second-order valence-electron chi connectivity index (χ2n) is 3.81. The van der Waals surface area contributed by atoms with Crippen LogP contribution in [-0.2, 0) is 6.42 Å². The molecule has 0 fully saturated rings. The Morgan fingerprint density at radius 1 is 1.28 bits per heavy atom.